The first kappa shape index (κ1) is 19.2. The van der Waals surface area contributed by atoms with Gasteiger partial charge in [0.05, 0.1) is 22.2 Å². The molecule has 0 spiro atoms. The van der Waals surface area contributed by atoms with E-state index in [9.17, 15) is 9.59 Å². The van der Waals surface area contributed by atoms with Crippen molar-refractivity contribution in [2.24, 2.45) is 0 Å². The number of benzene rings is 1. The van der Waals surface area contributed by atoms with E-state index >= 15 is 0 Å². The topological polar surface area (TPSA) is 76.7 Å². The van der Waals surface area contributed by atoms with Crippen LogP contribution in [-0.2, 0) is 9.53 Å². The number of thiophene rings is 1. The molecule has 1 aromatic heterocycles. The van der Waals surface area contributed by atoms with Crippen LogP contribution in [0, 0.1) is 0 Å². The molecule has 134 valence electrons. The van der Waals surface area contributed by atoms with Crippen molar-refractivity contribution in [2.75, 3.05) is 25.6 Å². The molecule has 1 heterocycles. The number of hydrogen-bond donors (Lipinski definition) is 2. The highest BCUT2D eigenvalue weighted by Crippen LogP contribution is 2.33. The number of carbonyl (C=O) groups is 2. The standard InChI is InChI=1S/C17H19ClN2O4S/c1-11(19-17(22)14-7-4-10-25-14)16(21)20-13-6-3-5-12(18)15(13)24-9-8-23-2/h3-7,10-11H,8-9H2,1-2H3,(H,19,22)(H,20,21). The number of halogens is 1. The molecule has 6 nitrogen and oxygen atoms in total. The van der Waals surface area contributed by atoms with Crippen molar-refractivity contribution in [1.29, 1.82) is 0 Å². The van der Waals surface area contributed by atoms with Gasteiger partial charge in [-0.15, -0.1) is 11.3 Å². The lowest BCUT2D eigenvalue weighted by molar-refractivity contribution is -0.117. The second-order valence-corrected chi connectivity index (χ2v) is 6.47. The summed E-state index contributed by atoms with van der Waals surface area (Å²) in [6.07, 6.45) is 0. The molecular weight excluding hydrogens is 364 g/mol. The summed E-state index contributed by atoms with van der Waals surface area (Å²) in [6, 6.07) is 7.81. The van der Waals surface area contributed by atoms with Gasteiger partial charge in [-0.25, -0.2) is 0 Å². The number of ether oxygens (including phenoxy) is 2. The smallest absolute Gasteiger partial charge is 0.261 e. The molecule has 0 saturated carbocycles. The second kappa shape index (κ2) is 9.41. The molecule has 25 heavy (non-hydrogen) atoms. The summed E-state index contributed by atoms with van der Waals surface area (Å²) >= 11 is 7.45. The number of rotatable bonds is 8. The van der Waals surface area contributed by atoms with Crippen LogP contribution in [0.4, 0.5) is 5.69 Å². The van der Waals surface area contributed by atoms with Crippen LogP contribution in [0.5, 0.6) is 5.75 Å². The molecule has 0 aliphatic heterocycles. The molecule has 0 aliphatic rings. The third kappa shape index (κ3) is 5.45. The first-order valence-electron chi connectivity index (χ1n) is 7.58. The number of amides is 2. The summed E-state index contributed by atoms with van der Waals surface area (Å²) in [5.74, 6) is -0.296. The Hall–Kier alpha value is -2.09. The highest BCUT2D eigenvalue weighted by molar-refractivity contribution is 7.12. The molecule has 2 N–H and O–H groups in total. The molecule has 2 rings (SSSR count). The summed E-state index contributed by atoms with van der Waals surface area (Å²) in [5, 5.41) is 7.56. The van der Waals surface area contributed by atoms with Gasteiger partial charge in [0.1, 0.15) is 12.6 Å². The van der Waals surface area contributed by atoms with E-state index in [0.717, 1.165) is 0 Å². The molecule has 0 bridgehead atoms. The van der Waals surface area contributed by atoms with Crippen LogP contribution in [0.3, 0.4) is 0 Å². The minimum atomic E-state index is -0.722. The molecule has 0 aliphatic carbocycles. The van der Waals surface area contributed by atoms with Gasteiger partial charge in [0, 0.05) is 7.11 Å². The molecule has 2 amide bonds. The van der Waals surface area contributed by atoms with Crippen LogP contribution in [-0.4, -0.2) is 38.2 Å². The number of methoxy groups -OCH3 is 1. The predicted octanol–water partition coefficient (Wildman–Crippen LogP) is 3.18. The van der Waals surface area contributed by atoms with Crippen molar-refractivity contribution in [3.63, 3.8) is 0 Å². The first-order valence-corrected chi connectivity index (χ1v) is 8.84. The average Bonchev–Trinajstić information content (AvgIpc) is 3.12. The minimum Gasteiger partial charge on any atom is -0.487 e. The first-order chi connectivity index (χ1) is 12.0. The fourth-order valence-corrected chi connectivity index (χ4v) is 2.82. The van der Waals surface area contributed by atoms with Gasteiger partial charge in [0.2, 0.25) is 5.91 Å². The van der Waals surface area contributed by atoms with E-state index in [1.165, 1.54) is 11.3 Å². The zero-order chi connectivity index (χ0) is 18.2. The summed E-state index contributed by atoms with van der Waals surface area (Å²) < 4.78 is 10.5. The Balaban J connectivity index is 2.01. The van der Waals surface area contributed by atoms with E-state index in [-0.39, 0.29) is 11.8 Å². The summed E-state index contributed by atoms with van der Waals surface area (Å²) in [4.78, 5) is 24.9. The molecule has 1 aromatic carbocycles. The van der Waals surface area contributed by atoms with E-state index in [2.05, 4.69) is 10.6 Å². The molecule has 0 saturated heterocycles. The van der Waals surface area contributed by atoms with Gasteiger partial charge < -0.3 is 20.1 Å². The summed E-state index contributed by atoms with van der Waals surface area (Å²) in [6.45, 7) is 2.30. The van der Waals surface area contributed by atoms with Gasteiger partial charge in [-0.05, 0) is 30.5 Å². The molecule has 0 fully saturated rings. The Kier molecular flexibility index (Phi) is 7.24. The minimum absolute atomic E-state index is 0.291. The van der Waals surface area contributed by atoms with E-state index in [1.807, 2.05) is 0 Å². The zero-order valence-corrected chi connectivity index (χ0v) is 15.4. The highest BCUT2D eigenvalue weighted by atomic mass is 35.5. The third-order valence-corrected chi connectivity index (χ3v) is 4.41. The van der Waals surface area contributed by atoms with Gasteiger partial charge in [0.15, 0.2) is 5.75 Å². The van der Waals surface area contributed by atoms with Gasteiger partial charge in [-0.2, -0.15) is 0 Å². The van der Waals surface area contributed by atoms with E-state index in [0.29, 0.717) is 34.6 Å². The molecule has 1 atom stereocenters. The number of hydrogen-bond acceptors (Lipinski definition) is 5. The van der Waals surface area contributed by atoms with Gasteiger partial charge in [-0.3, -0.25) is 9.59 Å². The van der Waals surface area contributed by atoms with E-state index < -0.39 is 6.04 Å². The van der Waals surface area contributed by atoms with Gasteiger partial charge in [0.25, 0.3) is 5.91 Å². The van der Waals surface area contributed by atoms with Gasteiger partial charge in [-0.1, -0.05) is 23.7 Å². The third-order valence-electron chi connectivity index (χ3n) is 3.24. The maximum Gasteiger partial charge on any atom is 0.261 e. The molecule has 2 aromatic rings. The van der Waals surface area contributed by atoms with E-state index in [4.69, 9.17) is 21.1 Å². The maximum absolute atomic E-state index is 12.4. The maximum atomic E-state index is 12.4. The Bertz CT molecular complexity index is 721. The highest BCUT2D eigenvalue weighted by Gasteiger charge is 2.19. The van der Waals surface area contributed by atoms with Crippen molar-refractivity contribution >= 4 is 40.4 Å². The molecular formula is C17H19ClN2O4S. The van der Waals surface area contributed by atoms with Crippen LogP contribution in [0.25, 0.3) is 0 Å². The van der Waals surface area contributed by atoms with Crippen LogP contribution in [0.1, 0.15) is 16.6 Å². The van der Waals surface area contributed by atoms with Gasteiger partial charge >= 0.3 is 0 Å². The van der Waals surface area contributed by atoms with Crippen LogP contribution in [0.2, 0.25) is 5.02 Å². The summed E-state index contributed by atoms with van der Waals surface area (Å²) in [5.41, 5.74) is 0.436. The second-order valence-electron chi connectivity index (χ2n) is 5.12. The lowest BCUT2D eigenvalue weighted by Crippen LogP contribution is -2.41. The Morgan fingerprint density at radius 1 is 1.24 bits per heavy atom. The van der Waals surface area contributed by atoms with Crippen LogP contribution >= 0.6 is 22.9 Å². The molecule has 0 radical (unpaired) electrons. The number of nitrogens with one attached hydrogen (secondary N) is 2. The zero-order valence-electron chi connectivity index (χ0n) is 13.9. The number of carbonyl (C=O) groups excluding carboxylic acids is 2. The van der Waals surface area contributed by atoms with Crippen molar-refractivity contribution in [3.05, 3.63) is 45.6 Å². The van der Waals surface area contributed by atoms with Crippen LogP contribution in [0.15, 0.2) is 35.7 Å². The lowest BCUT2D eigenvalue weighted by atomic mass is 10.2. The van der Waals surface area contributed by atoms with Crippen LogP contribution < -0.4 is 15.4 Å². The summed E-state index contributed by atoms with van der Waals surface area (Å²) in [7, 11) is 1.57. The van der Waals surface area contributed by atoms with Crippen molar-refractivity contribution in [3.8, 4) is 5.75 Å². The lowest BCUT2D eigenvalue weighted by Gasteiger charge is -2.17. The average molecular weight is 383 g/mol. The SMILES string of the molecule is COCCOc1c(Cl)cccc1NC(=O)C(C)NC(=O)c1cccs1. The Morgan fingerprint density at radius 3 is 2.72 bits per heavy atom. The monoisotopic (exact) mass is 382 g/mol. The van der Waals surface area contributed by atoms with E-state index in [1.54, 1.807) is 49.7 Å². The quantitative estimate of drug-likeness (QED) is 0.687. The number of anilines is 1. The predicted molar refractivity (Wildman–Crippen MR) is 98.7 cm³/mol. The number of para-hydroxylation sites is 1. The largest absolute Gasteiger partial charge is 0.487 e. The molecule has 8 heteroatoms. The Morgan fingerprint density at radius 2 is 2.04 bits per heavy atom. The Labute approximate surface area is 155 Å². The van der Waals surface area contributed by atoms with Crippen molar-refractivity contribution < 1.29 is 19.1 Å². The fraction of sp³-hybridized carbons (Fsp3) is 0.294. The normalized spacial score (nSPS) is 11.6. The van der Waals surface area contributed by atoms with Crippen molar-refractivity contribution in [1.82, 2.24) is 5.32 Å². The molecule has 1 unspecified atom stereocenters. The van der Waals surface area contributed by atoms with Crippen molar-refractivity contribution in [2.45, 2.75) is 13.0 Å². The fourth-order valence-electron chi connectivity index (χ4n) is 1.96.